The van der Waals surface area contributed by atoms with E-state index in [-0.39, 0.29) is 0 Å². The maximum atomic E-state index is 9.33. The molecular weight excluding hydrogens is 496 g/mol. The predicted molar refractivity (Wildman–Crippen MR) is 143 cm³/mol. The van der Waals surface area contributed by atoms with E-state index in [0.29, 0.717) is 6.04 Å². The minimum atomic E-state index is -4.16. The van der Waals surface area contributed by atoms with Crippen molar-refractivity contribution in [2.75, 3.05) is 20.8 Å². The zero-order chi connectivity index (χ0) is 27.4. The summed E-state index contributed by atoms with van der Waals surface area (Å²) < 4.78 is 59.4. The van der Waals surface area contributed by atoms with Crippen LogP contribution < -0.4 is 11.5 Å². The number of hydrogen-bond donors (Lipinski definition) is 4. The highest BCUT2D eigenvalue weighted by Crippen LogP contribution is 2.14. The second kappa shape index (κ2) is 28.2. The first kappa shape index (κ1) is 39.2. The molecule has 6 N–H and O–H groups in total. The summed E-state index contributed by atoms with van der Waals surface area (Å²) in [7, 11) is -6.58. The lowest BCUT2D eigenvalue weighted by atomic mass is 10.0. The first-order chi connectivity index (χ1) is 16.4. The standard InChI is InChI=1S/C21H46N2.2CH4O4S/c1-2-3-4-5-6-7-8-9-10-11-12-13-14-15-16-17-18-21(23)19-20-22;2*1-5-6(2,3)4/h21H,2-20,22-23H2,1H3;2*1H3,(H,2,3,4). The van der Waals surface area contributed by atoms with E-state index in [1.165, 1.54) is 103 Å². The van der Waals surface area contributed by atoms with Crippen LogP contribution in [0.4, 0.5) is 0 Å². The molecule has 0 amide bonds. The van der Waals surface area contributed by atoms with Gasteiger partial charge in [0.25, 0.3) is 0 Å². The Bertz CT molecular complexity index is 585. The summed E-state index contributed by atoms with van der Waals surface area (Å²) in [6.45, 7) is 3.03. The van der Waals surface area contributed by atoms with E-state index in [9.17, 15) is 16.8 Å². The second-order valence-electron chi connectivity index (χ2n) is 8.62. The van der Waals surface area contributed by atoms with Crippen molar-refractivity contribution in [1.29, 1.82) is 0 Å². The van der Waals surface area contributed by atoms with Crippen molar-refractivity contribution >= 4 is 20.8 Å². The molecule has 0 saturated carbocycles. The third kappa shape index (κ3) is 47.5. The highest BCUT2D eigenvalue weighted by Gasteiger charge is 2.00. The van der Waals surface area contributed by atoms with Crippen LogP contribution in [0.2, 0.25) is 0 Å². The Morgan fingerprint density at radius 1 is 0.600 bits per heavy atom. The van der Waals surface area contributed by atoms with Crippen LogP contribution in [-0.2, 0) is 29.2 Å². The Balaban J connectivity index is -0.000000697. The van der Waals surface area contributed by atoms with E-state index in [0.717, 1.165) is 33.6 Å². The molecule has 0 fully saturated rings. The number of unbranched alkanes of at least 4 members (excludes halogenated alkanes) is 15. The zero-order valence-corrected chi connectivity index (χ0v) is 24.0. The van der Waals surface area contributed by atoms with Gasteiger partial charge in [0, 0.05) is 6.04 Å². The van der Waals surface area contributed by atoms with E-state index >= 15 is 0 Å². The van der Waals surface area contributed by atoms with E-state index < -0.39 is 20.8 Å². The quantitative estimate of drug-likeness (QED) is 0.110. The average molecular weight is 551 g/mol. The van der Waals surface area contributed by atoms with Crippen molar-refractivity contribution in [3.05, 3.63) is 0 Å². The first-order valence-electron chi connectivity index (χ1n) is 12.9. The Morgan fingerprint density at radius 3 is 1.09 bits per heavy atom. The van der Waals surface area contributed by atoms with Crippen LogP contribution in [0.1, 0.15) is 122 Å². The summed E-state index contributed by atoms with van der Waals surface area (Å²) in [6, 6.07) is 0.339. The summed E-state index contributed by atoms with van der Waals surface area (Å²) >= 11 is 0. The number of nitrogens with two attached hydrogens (primary N) is 2. The summed E-state index contributed by atoms with van der Waals surface area (Å²) in [4.78, 5) is 0. The maximum absolute atomic E-state index is 9.33. The largest absolute Gasteiger partial charge is 0.397 e. The van der Waals surface area contributed by atoms with E-state index in [1.807, 2.05) is 0 Å². The molecular formula is C23H54N2O8S2. The van der Waals surface area contributed by atoms with Crippen molar-refractivity contribution < 1.29 is 34.3 Å². The van der Waals surface area contributed by atoms with Gasteiger partial charge in [-0.1, -0.05) is 110 Å². The molecule has 35 heavy (non-hydrogen) atoms. The molecule has 0 aromatic rings. The summed E-state index contributed by atoms with van der Waals surface area (Å²) in [5, 5.41) is 0. The fourth-order valence-electron chi connectivity index (χ4n) is 3.31. The van der Waals surface area contributed by atoms with E-state index in [4.69, 9.17) is 20.6 Å². The lowest BCUT2D eigenvalue weighted by molar-refractivity contribution is 0.323. The van der Waals surface area contributed by atoms with Crippen molar-refractivity contribution in [3.63, 3.8) is 0 Å². The topological polar surface area (TPSA) is 179 Å². The van der Waals surface area contributed by atoms with Crippen LogP contribution >= 0.6 is 0 Å². The van der Waals surface area contributed by atoms with Crippen LogP contribution in [0.15, 0.2) is 0 Å². The highest BCUT2D eigenvalue weighted by atomic mass is 32.3. The molecule has 0 saturated heterocycles. The van der Waals surface area contributed by atoms with Crippen molar-refractivity contribution in [2.24, 2.45) is 11.5 Å². The average Bonchev–Trinajstić information content (AvgIpc) is 2.79. The second-order valence-corrected chi connectivity index (χ2v) is 11.0. The predicted octanol–water partition coefficient (Wildman–Crippen LogP) is 5.19. The van der Waals surface area contributed by atoms with E-state index in [1.54, 1.807) is 0 Å². The van der Waals surface area contributed by atoms with Gasteiger partial charge in [0.1, 0.15) is 0 Å². The SMILES string of the molecule is CCCCCCCCCCCCCCCCCCC(N)CCN.COS(=O)(=O)O.COS(=O)(=O)O. The van der Waals surface area contributed by atoms with Gasteiger partial charge in [0.2, 0.25) is 0 Å². The molecule has 216 valence electrons. The smallest absolute Gasteiger partial charge is 0.330 e. The van der Waals surface area contributed by atoms with Gasteiger partial charge in [-0.3, -0.25) is 17.5 Å². The third-order valence-electron chi connectivity index (χ3n) is 5.39. The Kier molecular flexibility index (Phi) is 31.6. The molecule has 0 heterocycles. The Morgan fingerprint density at radius 2 is 0.857 bits per heavy atom. The molecule has 0 aromatic carbocycles. The molecule has 0 aliphatic rings. The maximum Gasteiger partial charge on any atom is 0.397 e. The van der Waals surface area contributed by atoms with Crippen molar-refractivity contribution in [2.45, 2.75) is 129 Å². The summed E-state index contributed by atoms with van der Waals surface area (Å²) in [5.74, 6) is 0. The molecule has 12 heteroatoms. The van der Waals surface area contributed by atoms with Crippen LogP contribution in [0.25, 0.3) is 0 Å². The summed E-state index contributed by atoms with van der Waals surface area (Å²) in [6.07, 6.45) is 25.0. The number of rotatable bonds is 21. The summed E-state index contributed by atoms with van der Waals surface area (Å²) in [5.41, 5.74) is 11.5. The fourth-order valence-corrected chi connectivity index (χ4v) is 3.31. The highest BCUT2D eigenvalue weighted by molar-refractivity contribution is 7.81. The van der Waals surface area contributed by atoms with Crippen LogP contribution in [0.3, 0.4) is 0 Å². The Labute approximate surface area is 215 Å². The number of hydrogen-bond acceptors (Lipinski definition) is 8. The Hall–Kier alpha value is -0.340. The zero-order valence-electron chi connectivity index (χ0n) is 22.3. The molecule has 1 atom stereocenters. The van der Waals surface area contributed by atoms with Crippen LogP contribution in [0.5, 0.6) is 0 Å². The molecule has 0 aliphatic heterocycles. The molecule has 0 rings (SSSR count). The van der Waals surface area contributed by atoms with Gasteiger partial charge < -0.3 is 11.5 Å². The third-order valence-corrected chi connectivity index (χ3v) is 6.23. The molecule has 0 spiro atoms. The van der Waals surface area contributed by atoms with Gasteiger partial charge in [-0.2, -0.15) is 16.8 Å². The fraction of sp³-hybridized carbons (Fsp3) is 1.00. The van der Waals surface area contributed by atoms with Crippen LogP contribution in [0, 0.1) is 0 Å². The van der Waals surface area contributed by atoms with Gasteiger partial charge >= 0.3 is 20.8 Å². The molecule has 0 bridgehead atoms. The lowest BCUT2D eigenvalue weighted by Crippen LogP contribution is -2.23. The molecule has 0 aromatic heterocycles. The molecule has 0 radical (unpaired) electrons. The minimum Gasteiger partial charge on any atom is -0.330 e. The monoisotopic (exact) mass is 550 g/mol. The van der Waals surface area contributed by atoms with Gasteiger partial charge in [-0.05, 0) is 19.4 Å². The van der Waals surface area contributed by atoms with E-state index in [2.05, 4.69) is 15.3 Å². The van der Waals surface area contributed by atoms with Crippen LogP contribution in [-0.4, -0.2) is 52.7 Å². The van der Waals surface area contributed by atoms with Crippen molar-refractivity contribution in [1.82, 2.24) is 0 Å². The molecule has 1 unspecified atom stereocenters. The van der Waals surface area contributed by atoms with Gasteiger partial charge in [-0.15, -0.1) is 0 Å². The van der Waals surface area contributed by atoms with Gasteiger partial charge in [0.05, 0.1) is 14.2 Å². The molecule has 0 aliphatic carbocycles. The van der Waals surface area contributed by atoms with Gasteiger partial charge in [-0.25, -0.2) is 0 Å². The lowest BCUT2D eigenvalue weighted by Gasteiger charge is -2.09. The van der Waals surface area contributed by atoms with Gasteiger partial charge in [0.15, 0.2) is 0 Å². The first-order valence-corrected chi connectivity index (χ1v) is 15.7. The minimum absolute atomic E-state index is 0.339. The normalized spacial score (nSPS) is 12.3. The van der Waals surface area contributed by atoms with Crippen molar-refractivity contribution in [3.8, 4) is 0 Å². The molecule has 10 nitrogen and oxygen atoms in total.